The number of rotatable bonds is 3. The smallest absolute Gasteiger partial charge is 0.322 e. The van der Waals surface area contributed by atoms with E-state index in [9.17, 15) is 24.8 Å². The Labute approximate surface area is 159 Å². The van der Waals surface area contributed by atoms with E-state index in [-0.39, 0.29) is 29.9 Å². The molecular formula is C19H16N4O5. The second-order valence-electron chi connectivity index (χ2n) is 6.56. The number of hydrogen-bond acceptors (Lipinski definition) is 5. The second-order valence-corrected chi connectivity index (χ2v) is 6.56. The molecule has 9 nitrogen and oxygen atoms in total. The van der Waals surface area contributed by atoms with Crippen molar-refractivity contribution in [3.63, 3.8) is 0 Å². The van der Waals surface area contributed by atoms with Gasteiger partial charge in [-0.1, -0.05) is 12.1 Å². The standard InChI is InChI=1S/C19H16N4O5/c1-21-15-10-22(12-4-6-13(7-5-12)23(27)28)18(25)16(15)17(20-19(21)26)11-2-8-14(24)9-3-11/h2-9,17,24H,10H2,1H3,(H,20,26)/t17-/m0/s1. The molecule has 0 fully saturated rings. The quantitative estimate of drug-likeness (QED) is 0.626. The summed E-state index contributed by atoms with van der Waals surface area (Å²) in [6.07, 6.45) is 0. The average molecular weight is 380 g/mol. The lowest BCUT2D eigenvalue weighted by atomic mass is 9.95. The number of likely N-dealkylation sites (N-methyl/N-ethyl adjacent to an activating group) is 1. The monoisotopic (exact) mass is 380 g/mol. The SMILES string of the molecule is CN1C(=O)N[C@@H](c2ccc(O)cc2)C2=C1CN(c1ccc([N+](=O)[O-])cc1)C2=O. The minimum absolute atomic E-state index is 0.0657. The first-order valence-corrected chi connectivity index (χ1v) is 8.49. The number of nitrogens with zero attached hydrogens (tertiary/aromatic N) is 3. The molecule has 0 saturated heterocycles. The Morgan fingerprint density at radius 1 is 1.11 bits per heavy atom. The fourth-order valence-electron chi connectivity index (χ4n) is 3.45. The van der Waals surface area contributed by atoms with Crippen LogP contribution in [0.4, 0.5) is 16.2 Å². The molecule has 0 unspecified atom stereocenters. The predicted molar refractivity (Wildman–Crippen MR) is 99.6 cm³/mol. The van der Waals surface area contributed by atoms with Crippen LogP contribution in [0.1, 0.15) is 11.6 Å². The molecule has 0 aromatic heterocycles. The van der Waals surface area contributed by atoms with Gasteiger partial charge in [-0.05, 0) is 29.8 Å². The van der Waals surface area contributed by atoms with E-state index in [4.69, 9.17) is 0 Å². The number of carbonyl (C=O) groups is 2. The van der Waals surface area contributed by atoms with Gasteiger partial charge in [0.1, 0.15) is 5.75 Å². The number of phenolic OH excluding ortho intramolecular Hbond substituents is 1. The zero-order chi connectivity index (χ0) is 20.0. The molecular weight excluding hydrogens is 364 g/mol. The van der Waals surface area contributed by atoms with E-state index in [1.807, 2.05) is 0 Å². The van der Waals surface area contributed by atoms with Crippen molar-refractivity contribution < 1.29 is 19.6 Å². The summed E-state index contributed by atoms with van der Waals surface area (Å²) < 4.78 is 0. The van der Waals surface area contributed by atoms with Gasteiger partial charge in [-0.2, -0.15) is 0 Å². The van der Waals surface area contributed by atoms with Crippen LogP contribution in [0.15, 0.2) is 59.8 Å². The van der Waals surface area contributed by atoms with Gasteiger partial charge in [-0.3, -0.25) is 19.8 Å². The van der Waals surface area contributed by atoms with Crippen LogP contribution in [-0.4, -0.2) is 40.5 Å². The lowest BCUT2D eigenvalue weighted by molar-refractivity contribution is -0.384. The normalized spacial score (nSPS) is 19.0. The number of nitro benzene ring substituents is 1. The molecule has 0 radical (unpaired) electrons. The summed E-state index contributed by atoms with van der Waals surface area (Å²) in [6.45, 7) is 0.185. The van der Waals surface area contributed by atoms with Crippen LogP contribution in [0, 0.1) is 10.1 Å². The van der Waals surface area contributed by atoms with E-state index in [1.165, 1.54) is 46.2 Å². The Morgan fingerprint density at radius 3 is 2.36 bits per heavy atom. The van der Waals surface area contributed by atoms with Gasteiger partial charge < -0.3 is 15.3 Å². The largest absolute Gasteiger partial charge is 0.508 e. The number of urea groups is 1. The number of nitro groups is 1. The van der Waals surface area contributed by atoms with Crippen LogP contribution < -0.4 is 10.2 Å². The summed E-state index contributed by atoms with van der Waals surface area (Å²) in [4.78, 5) is 38.8. The van der Waals surface area contributed by atoms with Gasteiger partial charge in [0.2, 0.25) is 0 Å². The molecule has 0 saturated carbocycles. The fraction of sp³-hybridized carbons (Fsp3) is 0.158. The van der Waals surface area contributed by atoms with Crippen molar-refractivity contribution in [1.82, 2.24) is 10.2 Å². The summed E-state index contributed by atoms with van der Waals surface area (Å²) in [5.74, 6) is -0.198. The zero-order valence-electron chi connectivity index (χ0n) is 14.8. The molecule has 9 heteroatoms. The molecule has 28 heavy (non-hydrogen) atoms. The third-order valence-electron chi connectivity index (χ3n) is 4.96. The van der Waals surface area contributed by atoms with Crippen molar-refractivity contribution in [2.75, 3.05) is 18.5 Å². The maximum atomic E-state index is 13.2. The van der Waals surface area contributed by atoms with Crippen LogP contribution in [0.25, 0.3) is 0 Å². The third kappa shape index (κ3) is 2.73. The average Bonchev–Trinajstić information content (AvgIpc) is 3.03. The Hall–Kier alpha value is -3.88. The number of carbonyl (C=O) groups excluding carboxylic acids is 2. The predicted octanol–water partition coefficient (Wildman–Crippen LogP) is 2.30. The molecule has 2 aromatic rings. The highest BCUT2D eigenvalue weighted by Gasteiger charge is 2.43. The minimum Gasteiger partial charge on any atom is -0.508 e. The van der Waals surface area contributed by atoms with Crippen LogP contribution in [0.3, 0.4) is 0 Å². The number of amides is 3. The van der Waals surface area contributed by atoms with E-state index >= 15 is 0 Å². The maximum absolute atomic E-state index is 13.2. The lowest BCUT2D eigenvalue weighted by Crippen LogP contribution is -2.45. The van der Waals surface area contributed by atoms with Crippen molar-refractivity contribution in [2.45, 2.75) is 6.04 Å². The molecule has 0 aliphatic carbocycles. The number of anilines is 1. The first-order valence-electron chi connectivity index (χ1n) is 8.49. The zero-order valence-corrected chi connectivity index (χ0v) is 14.8. The maximum Gasteiger partial charge on any atom is 0.322 e. The van der Waals surface area contributed by atoms with E-state index < -0.39 is 11.0 Å². The van der Waals surface area contributed by atoms with Crippen molar-refractivity contribution in [3.8, 4) is 5.75 Å². The van der Waals surface area contributed by atoms with Crippen molar-refractivity contribution in [1.29, 1.82) is 0 Å². The van der Waals surface area contributed by atoms with E-state index in [2.05, 4.69) is 5.32 Å². The Kier molecular flexibility index (Phi) is 3.99. The Bertz CT molecular complexity index is 1010. The Balaban J connectivity index is 1.71. The highest BCUT2D eigenvalue weighted by Crippen LogP contribution is 2.38. The first-order chi connectivity index (χ1) is 13.4. The molecule has 2 heterocycles. The molecule has 0 bridgehead atoms. The van der Waals surface area contributed by atoms with Gasteiger partial charge in [0.25, 0.3) is 11.6 Å². The molecule has 0 spiro atoms. The molecule has 142 valence electrons. The van der Waals surface area contributed by atoms with Gasteiger partial charge in [-0.25, -0.2) is 4.79 Å². The van der Waals surface area contributed by atoms with E-state index in [0.29, 0.717) is 22.5 Å². The van der Waals surface area contributed by atoms with E-state index in [0.717, 1.165) is 0 Å². The Morgan fingerprint density at radius 2 is 1.75 bits per heavy atom. The summed E-state index contributed by atoms with van der Waals surface area (Å²) in [7, 11) is 1.59. The minimum atomic E-state index is -0.644. The van der Waals surface area contributed by atoms with Crippen molar-refractivity contribution in [2.24, 2.45) is 0 Å². The lowest BCUT2D eigenvalue weighted by Gasteiger charge is -2.31. The molecule has 2 aromatic carbocycles. The third-order valence-corrected chi connectivity index (χ3v) is 4.96. The topological polar surface area (TPSA) is 116 Å². The molecule has 3 amide bonds. The van der Waals surface area contributed by atoms with Gasteiger partial charge in [-0.15, -0.1) is 0 Å². The van der Waals surface area contributed by atoms with Crippen LogP contribution in [0.5, 0.6) is 5.75 Å². The summed E-state index contributed by atoms with van der Waals surface area (Å²) in [5.41, 5.74) is 2.13. The fourth-order valence-corrected chi connectivity index (χ4v) is 3.45. The van der Waals surface area contributed by atoms with Crippen molar-refractivity contribution >= 4 is 23.3 Å². The summed E-state index contributed by atoms with van der Waals surface area (Å²) >= 11 is 0. The van der Waals surface area contributed by atoms with Crippen LogP contribution in [0.2, 0.25) is 0 Å². The number of hydrogen-bond donors (Lipinski definition) is 2. The van der Waals surface area contributed by atoms with Gasteiger partial charge in [0.15, 0.2) is 0 Å². The number of nitrogens with one attached hydrogen (secondary N) is 1. The van der Waals surface area contributed by atoms with Crippen molar-refractivity contribution in [3.05, 3.63) is 75.5 Å². The van der Waals surface area contributed by atoms with Gasteiger partial charge in [0, 0.05) is 24.9 Å². The number of aromatic hydroxyl groups is 1. The highest BCUT2D eigenvalue weighted by atomic mass is 16.6. The molecule has 4 rings (SSSR count). The molecule has 1 atom stereocenters. The first kappa shape index (κ1) is 17.5. The van der Waals surface area contributed by atoms with Crippen LogP contribution >= 0.6 is 0 Å². The summed E-state index contributed by atoms with van der Waals surface area (Å²) in [5, 5.41) is 23.2. The molecule has 2 N–H and O–H groups in total. The second kappa shape index (κ2) is 6.38. The summed E-state index contributed by atoms with van der Waals surface area (Å²) in [6, 6.07) is 11.0. The molecule has 2 aliphatic rings. The number of benzene rings is 2. The van der Waals surface area contributed by atoms with E-state index in [1.54, 1.807) is 19.2 Å². The molecule has 2 aliphatic heterocycles. The number of phenols is 1. The highest BCUT2D eigenvalue weighted by molar-refractivity contribution is 6.11. The van der Waals surface area contributed by atoms with Gasteiger partial charge in [0.05, 0.1) is 28.8 Å². The van der Waals surface area contributed by atoms with Crippen LogP contribution in [-0.2, 0) is 4.79 Å². The van der Waals surface area contributed by atoms with Gasteiger partial charge >= 0.3 is 6.03 Å². The number of non-ortho nitro benzene ring substituents is 1.